The molecule has 1 aromatic heterocycles. The highest BCUT2D eigenvalue weighted by Crippen LogP contribution is 2.29. The number of hydrogen-bond acceptors (Lipinski definition) is 4. The molecular formula is C19H23F3N4O2. The van der Waals surface area contributed by atoms with Crippen LogP contribution in [-0.4, -0.2) is 37.7 Å². The van der Waals surface area contributed by atoms with Crippen molar-refractivity contribution >= 4 is 5.96 Å². The van der Waals surface area contributed by atoms with Crippen LogP contribution in [0.5, 0.6) is 11.6 Å². The molecule has 0 saturated heterocycles. The second-order valence-corrected chi connectivity index (χ2v) is 5.70. The van der Waals surface area contributed by atoms with Crippen LogP contribution in [0.4, 0.5) is 13.2 Å². The zero-order valence-electron chi connectivity index (χ0n) is 15.7. The molecule has 0 unspecified atom stereocenters. The lowest BCUT2D eigenvalue weighted by Gasteiger charge is -2.12. The number of pyridine rings is 1. The third-order valence-corrected chi connectivity index (χ3v) is 3.61. The summed E-state index contributed by atoms with van der Waals surface area (Å²) in [6, 6.07) is 9.76. The summed E-state index contributed by atoms with van der Waals surface area (Å²) in [5.74, 6) is 1.51. The highest BCUT2D eigenvalue weighted by molar-refractivity contribution is 5.79. The van der Waals surface area contributed by atoms with Gasteiger partial charge < -0.3 is 20.1 Å². The first-order valence-corrected chi connectivity index (χ1v) is 8.73. The van der Waals surface area contributed by atoms with E-state index < -0.39 is 11.7 Å². The lowest BCUT2D eigenvalue weighted by molar-refractivity contribution is -0.137. The first-order chi connectivity index (χ1) is 13.4. The first-order valence-electron chi connectivity index (χ1n) is 8.73. The van der Waals surface area contributed by atoms with Gasteiger partial charge in [0.25, 0.3) is 0 Å². The highest BCUT2D eigenvalue weighted by Gasteiger charge is 2.30. The van der Waals surface area contributed by atoms with Crippen molar-refractivity contribution in [3.05, 3.63) is 53.7 Å². The molecule has 28 heavy (non-hydrogen) atoms. The fourth-order valence-corrected chi connectivity index (χ4v) is 2.24. The van der Waals surface area contributed by atoms with Crippen LogP contribution in [0.25, 0.3) is 0 Å². The Morgan fingerprint density at radius 3 is 2.64 bits per heavy atom. The fourth-order valence-electron chi connectivity index (χ4n) is 2.24. The maximum Gasteiger partial charge on any atom is 0.417 e. The van der Waals surface area contributed by atoms with E-state index >= 15 is 0 Å². The average molecular weight is 396 g/mol. The molecule has 0 aliphatic rings. The number of halogens is 3. The van der Waals surface area contributed by atoms with Crippen LogP contribution >= 0.6 is 0 Å². The van der Waals surface area contributed by atoms with Crippen LogP contribution in [-0.2, 0) is 12.7 Å². The monoisotopic (exact) mass is 396 g/mol. The second-order valence-electron chi connectivity index (χ2n) is 5.70. The van der Waals surface area contributed by atoms with Crippen LogP contribution in [0, 0.1) is 0 Å². The van der Waals surface area contributed by atoms with Gasteiger partial charge in [-0.1, -0.05) is 12.1 Å². The number of nitrogens with zero attached hydrogens (tertiary/aromatic N) is 2. The summed E-state index contributed by atoms with van der Waals surface area (Å²) in [6.45, 7) is 3.74. The third-order valence-electron chi connectivity index (χ3n) is 3.61. The largest absolute Gasteiger partial charge is 0.497 e. The molecule has 0 saturated carbocycles. The standard InChI is InChI=1S/C19H23F3N4O2/c1-3-23-18(26-12-14-5-4-6-16(11-14)27-2)24-9-10-28-17-8-7-15(13-25-17)19(20,21)22/h4-8,11,13H,3,9-10,12H2,1-2H3,(H2,23,24,26). The Balaban J connectivity index is 1.82. The number of nitrogens with one attached hydrogen (secondary N) is 2. The first kappa shape index (κ1) is 21.3. The molecule has 2 aromatic rings. The van der Waals surface area contributed by atoms with Gasteiger partial charge in [0.2, 0.25) is 5.88 Å². The van der Waals surface area contributed by atoms with Gasteiger partial charge in [0.05, 0.1) is 25.8 Å². The number of aliphatic imine (C=N–C) groups is 1. The van der Waals surface area contributed by atoms with Crippen LogP contribution in [0.15, 0.2) is 47.6 Å². The van der Waals surface area contributed by atoms with Gasteiger partial charge in [0, 0.05) is 18.8 Å². The van der Waals surface area contributed by atoms with E-state index in [1.54, 1.807) is 7.11 Å². The Kier molecular flexibility index (Phi) is 7.91. The summed E-state index contributed by atoms with van der Waals surface area (Å²) in [5, 5.41) is 6.22. The summed E-state index contributed by atoms with van der Waals surface area (Å²) in [4.78, 5) is 8.15. The Morgan fingerprint density at radius 1 is 1.18 bits per heavy atom. The minimum Gasteiger partial charge on any atom is -0.497 e. The van der Waals surface area contributed by atoms with E-state index in [1.165, 1.54) is 6.07 Å². The van der Waals surface area contributed by atoms with Crippen LogP contribution in [0.1, 0.15) is 18.1 Å². The van der Waals surface area contributed by atoms with Crippen molar-refractivity contribution in [1.82, 2.24) is 15.6 Å². The number of ether oxygens (including phenoxy) is 2. The molecule has 0 aliphatic carbocycles. The van der Waals surface area contributed by atoms with Gasteiger partial charge >= 0.3 is 6.18 Å². The minimum absolute atomic E-state index is 0.133. The zero-order valence-corrected chi connectivity index (χ0v) is 15.7. The maximum atomic E-state index is 12.5. The zero-order chi connectivity index (χ0) is 20.4. The second kappa shape index (κ2) is 10.4. The molecule has 1 heterocycles. The Hall–Kier alpha value is -2.97. The van der Waals surface area contributed by atoms with Crippen LogP contribution in [0.3, 0.4) is 0 Å². The molecule has 6 nitrogen and oxygen atoms in total. The lowest BCUT2D eigenvalue weighted by Crippen LogP contribution is -2.39. The molecule has 152 valence electrons. The van der Waals surface area contributed by atoms with Crippen molar-refractivity contribution in [1.29, 1.82) is 0 Å². The highest BCUT2D eigenvalue weighted by atomic mass is 19.4. The predicted molar refractivity (Wildman–Crippen MR) is 101 cm³/mol. The quantitative estimate of drug-likeness (QED) is 0.407. The molecule has 0 amide bonds. The SMILES string of the molecule is CCNC(=NCc1cccc(OC)c1)NCCOc1ccc(C(F)(F)F)cn1. The molecule has 0 fully saturated rings. The fraction of sp³-hybridized carbons (Fsp3) is 0.368. The molecule has 0 radical (unpaired) electrons. The van der Waals surface area contributed by atoms with E-state index in [9.17, 15) is 13.2 Å². The smallest absolute Gasteiger partial charge is 0.417 e. The van der Waals surface area contributed by atoms with Crippen molar-refractivity contribution < 1.29 is 22.6 Å². The van der Waals surface area contributed by atoms with Crippen molar-refractivity contribution in [3.63, 3.8) is 0 Å². The Labute approximate surface area is 161 Å². The van der Waals surface area contributed by atoms with E-state index in [-0.39, 0.29) is 12.5 Å². The lowest BCUT2D eigenvalue weighted by atomic mass is 10.2. The van der Waals surface area contributed by atoms with Crippen LogP contribution in [0.2, 0.25) is 0 Å². The van der Waals surface area contributed by atoms with Gasteiger partial charge in [-0.3, -0.25) is 0 Å². The molecule has 0 bridgehead atoms. The number of hydrogen-bond donors (Lipinski definition) is 2. The van der Waals surface area contributed by atoms with Crippen molar-refractivity contribution in [2.75, 3.05) is 26.8 Å². The maximum absolute atomic E-state index is 12.5. The summed E-state index contributed by atoms with van der Waals surface area (Å²) >= 11 is 0. The molecule has 0 aliphatic heterocycles. The van der Waals surface area contributed by atoms with E-state index in [0.29, 0.717) is 25.6 Å². The number of rotatable bonds is 8. The average Bonchev–Trinajstić information content (AvgIpc) is 2.69. The number of methoxy groups -OCH3 is 1. The van der Waals surface area contributed by atoms with Gasteiger partial charge in [-0.25, -0.2) is 9.98 Å². The van der Waals surface area contributed by atoms with Crippen molar-refractivity contribution in [3.8, 4) is 11.6 Å². The molecule has 1 aromatic carbocycles. The Morgan fingerprint density at radius 2 is 2.00 bits per heavy atom. The van der Waals surface area contributed by atoms with E-state index in [2.05, 4.69) is 20.6 Å². The number of alkyl halides is 3. The molecular weight excluding hydrogens is 373 g/mol. The minimum atomic E-state index is -4.41. The summed E-state index contributed by atoms with van der Waals surface area (Å²) in [5.41, 5.74) is 0.193. The molecule has 2 N–H and O–H groups in total. The predicted octanol–water partition coefficient (Wildman–Crippen LogP) is 3.24. The molecule has 0 spiro atoms. The molecule has 0 atom stereocenters. The number of aromatic nitrogens is 1. The van der Waals surface area contributed by atoms with Crippen molar-refractivity contribution in [2.45, 2.75) is 19.6 Å². The van der Waals surface area contributed by atoms with E-state index in [4.69, 9.17) is 9.47 Å². The third kappa shape index (κ3) is 6.98. The van der Waals surface area contributed by atoms with Gasteiger partial charge in [0.1, 0.15) is 12.4 Å². The summed E-state index contributed by atoms with van der Waals surface area (Å²) in [6.07, 6.45) is -3.66. The van der Waals surface area contributed by atoms with Gasteiger partial charge in [-0.15, -0.1) is 0 Å². The van der Waals surface area contributed by atoms with Crippen molar-refractivity contribution in [2.24, 2.45) is 4.99 Å². The van der Waals surface area contributed by atoms with Gasteiger partial charge in [-0.2, -0.15) is 13.2 Å². The Bertz CT molecular complexity index is 765. The van der Waals surface area contributed by atoms with E-state index in [1.807, 2.05) is 31.2 Å². The molecule has 2 rings (SSSR count). The number of guanidine groups is 1. The van der Waals surface area contributed by atoms with Crippen LogP contribution < -0.4 is 20.1 Å². The normalized spacial score (nSPS) is 11.8. The van der Waals surface area contributed by atoms with E-state index in [0.717, 1.165) is 23.6 Å². The summed E-state index contributed by atoms with van der Waals surface area (Å²) in [7, 11) is 1.61. The number of benzene rings is 1. The van der Waals surface area contributed by atoms with Gasteiger partial charge in [-0.05, 0) is 30.7 Å². The molecule has 9 heteroatoms. The van der Waals surface area contributed by atoms with Gasteiger partial charge in [0.15, 0.2) is 5.96 Å². The summed E-state index contributed by atoms with van der Waals surface area (Å²) < 4.78 is 48.1. The topological polar surface area (TPSA) is 67.8 Å².